The highest BCUT2D eigenvalue weighted by molar-refractivity contribution is 6.39. The SMILES string of the molecule is C[C@@H](O)C#Cc1ccc2nc(Nc3c(Cl)cc([C@@H](C)O)cc3Cl)c3cc[nH]c(=O)c3c2c1. The summed E-state index contributed by atoms with van der Waals surface area (Å²) in [4.78, 5) is 20.2. The molecule has 2 aromatic carbocycles. The Hall–Kier alpha value is -3.08. The third-order valence-electron chi connectivity index (χ3n) is 4.93. The molecule has 4 rings (SSSR count). The Morgan fingerprint density at radius 2 is 1.78 bits per heavy atom. The average Bonchev–Trinajstić information content (AvgIpc) is 2.74. The Balaban J connectivity index is 1.92. The summed E-state index contributed by atoms with van der Waals surface area (Å²) in [6.45, 7) is 3.21. The van der Waals surface area contributed by atoms with Gasteiger partial charge in [0.25, 0.3) is 5.56 Å². The summed E-state index contributed by atoms with van der Waals surface area (Å²) in [6, 6.07) is 10.3. The molecule has 162 valence electrons. The normalized spacial score (nSPS) is 12.9. The summed E-state index contributed by atoms with van der Waals surface area (Å²) in [5, 5.41) is 24.7. The van der Waals surface area contributed by atoms with Crippen molar-refractivity contribution in [3.05, 3.63) is 74.1 Å². The Morgan fingerprint density at radius 3 is 2.44 bits per heavy atom. The summed E-state index contributed by atoms with van der Waals surface area (Å²) in [5.41, 5.74) is 1.97. The van der Waals surface area contributed by atoms with E-state index in [1.165, 1.54) is 0 Å². The first-order chi connectivity index (χ1) is 15.2. The Labute approximate surface area is 193 Å². The molecule has 0 spiro atoms. The monoisotopic (exact) mass is 467 g/mol. The van der Waals surface area contributed by atoms with Crippen LogP contribution in [-0.4, -0.2) is 26.3 Å². The fraction of sp³-hybridized carbons (Fsp3) is 0.167. The molecule has 32 heavy (non-hydrogen) atoms. The molecule has 0 unspecified atom stereocenters. The summed E-state index contributed by atoms with van der Waals surface area (Å²) >= 11 is 12.8. The van der Waals surface area contributed by atoms with Gasteiger partial charge in [0.2, 0.25) is 0 Å². The number of benzene rings is 2. The van der Waals surface area contributed by atoms with Crippen LogP contribution in [0.2, 0.25) is 10.0 Å². The zero-order valence-corrected chi connectivity index (χ0v) is 18.7. The van der Waals surface area contributed by atoms with Crippen LogP contribution in [0.3, 0.4) is 0 Å². The van der Waals surface area contributed by atoms with E-state index in [1.54, 1.807) is 56.4 Å². The first-order valence-electron chi connectivity index (χ1n) is 9.83. The van der Waals surface area contributed by atoms with Crippen molar-refractivity contribution in [2.24, 2.45) is 0 Å². The van der Waals surface area contributed by atoms with E-state index in [0.717, 1.165) is 0 Å². The molecule has 6 nitrogen and oxygen atoms in total. The second-order valence-electron chi connectivity index (χ2n) is 7.39. The highest BCUT2D eigenvalue weighted by Gasteiger charge is 2.16. The summed E-state index contributed by atoms with van der Waals surface area (Å²) < 4.78 is 0. The van der Waals surface area contributed by atoms with Crippen molar-refractivity contribution >= 4 is 56.4 Å². The predicted molar refractivity (Wildman–Crippen MR) is 129 cm³/mol. The number of aromatic amines is 1. The van der Waals surface area contributed by atoms with Crippen molar-refractivity contribution in [1.82, 2.24) is 9.97 Å². The lowest BCUT2D eigenvalue weighted by Crippen LogP contribution is -2.08. The molecule has 2 atom stereocenters. The maximum Gasteiger partial charge on any atom is 0.256 e. The van der Waals surface area contributed by atoms with E-state index in [1.807, 2.05) is 0 Å². The van der Waals surface area contributed by atoms with E-state index < -0.39 is 12.2 Å². The van der Waals surface area contributed by atoms with E-state index in [0.29, 0.717) is 54.4 Å². The molecule has 0 aliphatic heterocycles. The summed E-state index contributed by atoms with van der Waals surface area (Å²) in [6.07, 6.45) is 0.0637. The number of aliphatic hydroxyl groups excluding tert-OH is 2. The van der Waals surface area contributed by atoms with Crippen LogP contribution in [0.4, 0.5) is 11.5 Å². The molecular weight excluding hydrogens is 449 g/mol. The Kier molecular flexibility index (Phi) is 6.09. The number of aliphatic hydroxyl groups is 2. The second kappa shape index (κ2) is 8.81. The molecule has 0 bridgehead atoms. The number of hydrogen-bond donors (Lipinski definition) is 4. The molecule has 0 saturated carbocycles. The molecule has 8 heteroatoms. The van der Waals surface area contributed by atoms with Crippen LogP contribution in [-0.2, 0) is 0 Å². The van der Waals surface area contributed by atoms with Gasteiger partial charge in [-0.1, -0.05) is 35.0 Å². The fourth-order valence-electron chi connectivity index (χ4n) is 3.39. The molecule has 0 aliphatic rings. The molecule has 0 fully saturated rings. The maximum atomic E-state index is 12.8. The lowest BCUT2D eigenvalue weighted by atomic mass is 10.0. The number of aromatic nitrogens is 2. The van der Waals surface area contributed by atoms with Gasteiger partial charge in [0, 0.05) is 22.5 Å². The quantitative estimate of drug-likeness (QED) is 0.253. The number of nitrogens with zero attached hydrogens (tertiary/aromatic N) is 1. The van der Waals surface area contributed by atoms with Crippen molar-refractivity contribution in [3.8, 4) is 11.8 Å². The largest absolute Gasteiger partial charge is 0.389 e. The van der Waals surface area contributed by atoms with Crippen molar-refractivity contribution in [1.29, 1.82) is 0 Å². The third kappa shape index (κ3) is 4.29. The van der Waals surface area contributed by atoms with Crippen LogP contribution in [0.15, 0.2) is 47.4 Å². The Morgan fingerprint density at radius 1 is 1.06 bits per heavy atom. The molecule has 2 aromatic heterocycles. The van der Waals surface area contributed by atoms with Gasteiger partial charge in [-0.15, -0.1) is 0 Å². The van der Waals surface area contributed by atoms with Gasteiger partial charge in [-0.25, -0.2) is 4.98 Å². The van der Waals surface area contributed by atoms with Crippen LogP contribution in [0.1, 0.15) is 31.1 Å². The van der Waals surface area contributed by atoms with E-state index in [2.05, 4.69) is 27.1 Å². The minimum absolute atomic E-state index is 0.278. The minimum Gasteiger partial charge on any atom is -0.389 e. The van der Waals surface area contributed by atoms with E-state index in [4.69, 9.17) is 23.2 Å². The fourth-order valence-corrected chi connectivity index (χ4v) is 3.99. The average molecular weight is 468 g/mol. The van der Waals surface area contributed by atoms with Gasteiger partial charge < -0.3 is 20.5 Å². The van der Waals surface area contributed by atoms with E-state index in [-0.39, 0.29) is 5.56 Å². The number of pyridine rings is 2. The van der Waals surface area contributed by atoms with Gasteiger partial charge in [-0.05, 0) is 55.8 Å². The first-order valence-corrected chi connectivity index (χ1v) is 10.6. The predicted octanol–water partition coefficient (Wildman–Crippen LogP) is 4.91. The molecule has 4 aromatic rings. The second-order valence-corrected chi connectivity index (χ2v) is 8.21. The van der Waals surface area contributed by atoms with Crippen molar-refractivity contribution < 1.29 is 10.2 Å². The molecule has 2 heterocycles. The third-order valence-corrected chi connectivity index (χ3v) is 5.53. The zero-order chi connectivity index (χ0) is 23.0. The smallest absolute Gasteiger partial charge is 0.256 e. The minimum atomic E-state index is -0.759. The van der Waals surface area contributed by atoms with Crippen molar-refractivity contribution in [2.75, 3.05) is 5.32 Å². The zero-order valence-electron chi connectivity index (χ0n) is 17.2. The van der Waals surface area contributed by atoms with Crippen molar-refractivity contribution in [3.63, 3.8) is 0 Å². The van der Waals surface area contributed by atoms with Gasteiger partial charge in [0.05, 0.1) is 32.7 Å². The summed E-state index contributed by atoms with van der Waals surface area (Å²) in [5.74, 6) is 6.00. The molecule has 0 aliphatic carbocycles. The highest BCUT2D eigenvalue weighted by atomic mass is 35.5. The van der Waals surface area contributed by atoms with Crippen molar-refractivity contribution in [2.45, 2.75) is 26.1 Å². The van der Waals surface area contributed by atoms with Crippen LogP contribution in [0, 0.1) is 11.8 Å². The van der Waals surface area contributed by atoms with Crippen LogP contribution in [0.25, 0.3) is 21.7 Å². The first kappa shape index (κ1) is 22.1. The van der Waals surface area contributed by atoms with Gasteiger partial charge >= 0.3 is 0 Å². The topological polar surface area (TPSA) is 98.2 Å². The lowest BCUT2D eigenvalue weighted by Gasteiger charge is -2.15. The number of nitrogens with one attached hydrogen (secondary N) is 2. The standard InChI is InChI=1S/C24H19Cl2N3O3/c1-12(30)3-4-14-5-6-20-17(9-14)21-16(7-8-27-24(21)32)23(28-20)29-22-18(25)10-15(13(2)31)11-19(22)26/h5-13,30-31H,1-2H3,(H,27,32)(H,28,29)/t12-,13-/m1/s1. The number of anilines is 2. The number of fused-ring (bicyclic) bond motifs is 3. The molecule has 0 amide bonds. The molecule has 0 saturated heterocycles. The van der Waals surface area contributed by atoms with Gasteiger partial charge in [-0.3, -0.25) is 4.79 Å². The highest BCUT2D eigenvalue weighted by Crippen LogP contribution is 2.37. The van der Waals surface area contributed by atoms with Gasteiger partial charge in [0.1, 0.15) is 11.9 Å². The molecular formula is C24H19Cl2N3O3. The van der Waals surface area contributed by atoms with Crippen LogP contribution >= 0.6 is 23.2 Å². The van der Waals surface area contributed by atoms with Crippen LogP contribution < -0.4 is 10.9 Å². The number of H-pyrrole nitrogens is 1. The van der Waals surface area contributed by atoms with Gasteiger partial charge in [-0.2, -0.15) is 0 Å². The number of halogens is 2. The molecule has 0 radical (unpaired) electrons. The summed E-state index contributed by atoms with van der Waals surface area (Å²) in [7, 11) is 0. The van der Waals surface area contributed by atoms with E-state index in [9.17, 15) is 15.0 Å². The Bertz CT molecular complexity index is 1440. The number of hydrogen-bond acceptors (Lipinski definition) is 5. The van der Waals surface area contributed by atoms with Crippen LogP contribution in [0.5, 0.6) is 0 Å². The maximum absolute atomic E-state index is 12.8. The number of rotatable bonds is 3. The molecule has 4 N–H and O–H groups in total. The van der Waals surface area contributed by atoms with E-state index >= 15 is 0 Å². The van der Waals surface area contributed by atoms with Gasteiger partial charge in [0.15, 0.2) is 0 Å². The lowest BCUT2D eigenvalue weighted by molar-refractivity contribution is 0.199.